The number of benzene rings is 1. The highest BCUT2D eigenvalue weighted by molar-refractivity contribution is 5.96. The Morgan fingerprint density at radius 1 is 1.43 bits per heavy atom. The molecule has 1 atom stereocenters. The Morgan fingerprint density at radius 3 is 2.70 bits per heavy atom. The van der Waals surface area contributed by atoms with Crippen molar-refractivity contribution >= 4 is 11.6 Å². The Morgan fingerprint density at radius 2 is 2.09 bits per heavy atom. The second-order valence-corrected chi connectivity index (χ2v) is 6.85. The maximum atomic E-state index is 12.6. The van der Waals surface area contributed by atoms with Gasteiger partial charge in [0, 0.05) is 31.4 Å². The standard InChI is InChI=1S/C18H29N3O2/c1-13-4-5-16(19)10-17(13)18(23)20(3)12-15-6-8-21(9-7-15)11-14(2)22/h4-5,10,14-15,22H,6-9,11-12,19H2,1-3H3. The number of hydrogen-bond acceptors (Lipinski definition) is 4. The van der Waals surface area contributed by atoms with E-state index in [1.165, 1.54) is 0 Å². The van der Waals surface area contributed by atoms with Gasteiger partial charge in [0.15, 0.2) is 0 Å². The van der Waals surface area contributed by atoms with Crippen LogP contribution in [0.25, 0.3) is 0 Å². The first-order valence-electron chi connectivity index (χ1n) is 8.39. The lowest BCUT2D eigenvalue weighted by atomic mass is 9.95. The van der Waals surface area contributed by atoms with Crippen molar-refractivity contribution in [1.82, 2.24) is 9.80 Å². The van der Waals surface area contributed by atoms with Crippen molar-refractivity contribution in [3.63, 3.8) is 0 Å². The number of aliphatic hydroxyl groups excluding tert-OH is 1. The van der Waals surface area contributed by atoms with Gasteiger partial charge in [0.25, 0.3) is 5.91 Å². The second kappa shape index (κ2) is 7.79. The summed E-state index contributed by atoms with van der Waals surface area (Å²) < 4.78 is 0. The highest BCUT2D eigenvalue weighted by atomic mass is 16.3. The number of β-amino-alcohol motifs (C(OH)–C–C–N with tert-alkyl or cyclic N) is 1. The van der Waals surface area contributed by atoms with E-state index < -0.39 is 0 Å². The van der Waals surface area contributed by atoms with Gasteiger partial charge in [-0.1, -0.05) is 6.07 Å². The lowest BCUT2D eigenvalue weighted by Gasteiger charge is -2.34. The lowest BCUT2D eigenvalue weighted by Crippen LogP contribution is -2.41. The maximum absolute atomic E-state index is 12.6. The van der Waals surface area contributed by atoms with E-state index in [1.54, 1.807) is 6.07 Å². The molecule has 23 heavy (non-hydrogen) atoms. The van der Waals surface area contributed by atoms with Crippen LogP contribution in [0.3, 0.4) is 0 Å². The summed E-state index contributed by atoms with van der Waals surface area (Å²) in [7, 11) is 1.87. The van der Waals surface area contributed by atoms with Crippen LogP contribution in [0.15, 0.2) is 18.2 Å². The molecule has 1 unspecified atom stereocenters. The highest BCUT2D eigenvalue weighted by Crippen LogP contribution is 2.20. The smallest absolute Gasteiger partial charge is 0.253 e. The third-order valence-electron chi connectivity index (χ3n) is 4.60. The zero-order valence-electron chi connectivity index (χ0n) is 14.5. The Labute approximate surface area is 139 Å². The number of piperidine rings is 1. The molecule has 0 radical (unpaired) electrons. The summed E-state index contributed by atoms with van der Waals surface area (Å²) in [6.07, 6.45) is 1.86. The molecule has 5 nitrogen and oxygen atoms in total. The average molecular weight is 319 g/mol. The maximum Gasteiger partial charge on any atom is 0.253 e. The second-order valence-electron chi connectivity index (χ2n) is 6.85. The monoisotopic (exact) mass is 319 g/mol. The molecule has 5 heteroatoms. The summed E-state index contributed by atoms with van der Waals surface area (Å²) in [5.41, 5.74) is 8.09. The fourth-order valence-electron chi connectivity index (χ4n) is 3.27. The van der Waals surface area contributed by atoms with Crippen LogP contribution in [-0.2, 0) is 0 Å². The Bertz CT molecular complexity index is 537. The van der Waals surface area contributed by atoms with Crippen LogP contribution >= 0.6 is 0 Å². The van der Waals surface area contributed by atoms with E-state index in [0.29, 0.717) is 17.2 Å². The summed E-state index contributed by atoms with van der Waals surface area (Å²) >= 11 is 0. The molecule has 1 heterocycles. The molecule has 0 aliphatic carbocycles. The van der Waals surface area contributed by atoms with Crippen LogP contribution in [0.5, 0.6) is 0 Å². The topological polar surface area (TPSA) is 69.8 Å². The molecular formula is C18H29N3O2. The van der Waals surface area contributed by atoms with Crippen LogP contribution in [-0.4, -0.2) is 60.1 Å². The van der Waals surface area contributed by atoms with E-state index in [1.807, 2.05) is 37.9 Å². The summed E-state index contributed by atoms with van der Waals surface area (Å²) in [4.78, 5) is 16.7. The third kappa shape index (κ3) is 4.94. The first kappa shape index (κ1) is 17.8. The number of amides is 1. The van der Waals surface area contributed by atoms with Crippen LogP contribution in [0, 0.1) is 12.8 Å². The molecule has 0 saturated carbocycles. The van der Waals surface area contributed by atoms with Crippen molar-refractivity contribution in [1.29, 1.82) is 0 Å². The van der Waals surface area contributed by atoms with Crippen LogP contribution in [0.4, 0.5) is 5.69 Å². The van der Waals surface area contributed by atoms with Gasteiger partial charge in [-0.25, -0.2) is 0 Å². The minimum absolute atomic E-state index is 0.0428. The number of carbonyl (C=O) groups excluding carboxylic acids is 1. The van der Waals surface area contributed by atoms with Gasteiger partial charge in [-0.05, 0) is 63.4 Å². The molecule has 1 aliphatic rings. The summed E-state index contributed by atoms with van der Waals surface area (Å²) in [6.45, 7) is 7.27. The fourth-order valence-corrected chi connectivity index (χ4v) is 3.27. The molecule has 1 fully saturated rings. The molecule has 1 saturated heterocycles. The van der Waals surface area contributed by atoms with Gasteiger partial charge in [-0.3, -0.25) is 4.79 Å². The molecule has 0 spiro atoms. The minimum Gasteiger partial charge on any atom is -0.399 e. The zero-order valence-corrected chi connectivity index (χ0v) is 14.5. The molecule has 3 N–H and O–H groups in total. The Balaban J connectivity index is 1.88. The average Bonchev–Trinajstić information content (AvgIpc) is 2.50. The fraction of sp³-hybridized carbons (Fsp3) is 0.611. The van der Waals surface area contributed by atoms with Crippen molar-refractivity contribution < 1.29 is 9.90 Å². The van der Waals surface area contributed by atoms with Gasteiger partial charge in [0.05, 0.1) is 6.10 Å². The Hall–Kier alpha value is -1.59. The summed E-state index contributed by atoms with van der Waals surface area (Å²) in [5.74, 6) is 0.566. The van der Waals surface area contributed by atoms with Gasteiger partial charge in [0.2, 0.25) is 0 Å². The van der Waals surface area contributed by atoms with E-state index in [0.717, 1.165) is 44.6 Å². The molecule has 2 rings (SSSR count). The molecule has 1 aliphatic heterocycles. The van der Waals surface area contributed by atoms with E-state index in [9.17, 15) is 9.90 Å². The molecule has 0 aromatic heterocycles. The van der Waals surface area contributed by atoms with Gasteiger partial charge < -0.3 is 20.6 Å². The number of rotatable bonds is 5. The number of hydrogen-bond donors (Lipinski definition) is 2. The van der Waals surface area contributed by atoms with Crippen molar-refractivity contribution in [2.24, 2.45) is 5.92 Å². The number of carbonyl (C=O) groups is 1. The summed E-state index contributed by atoms with van der Waals surface area (Å²) in [5, 5.41) is 9.46. The van der Waals surface area contributed by atoms with Gasteiger partial charge in [0.1, 0.15) is 0 Å². The predicted octanol–water partition coefficient (Wildman–Crippen LogP) is 1.74. The number of aliphatic hydroxyl groups is 1. The number of nitrogen functional groups attached to an aromatic ring is 1. The Kier molecular flexibility index (Phi) is 6.02. The van der Waals surface area contributed by atoms with Gasteiger partial charge >= 0.3 is 0 Å². The van der Waals surface area contributed by atoms with Gasteiger partial charge in [-0.2, -0.15) is 0 Å². The highest BCUT2D eigenvalue weighted by Gasteiger charge is 2.23. The zero-order chi connectivity index (χ0) is 17.0. The van der Waals surface area contributed by atoms with Crippen molar-refractivity contribution in [2.75, 3.05) is 39.0 Å². The SMILES string of the molecule is Cc1ccc(N)cc1C(=O)N(C)CC1CCN(CC(C)O)CC1. The molecule has 1 amide bonds. The van der Waals surface area contributed by atoms with E-state index >= 15 is 0 Å². The number of likely N-dealkylation sites (tertiary alicyclic amines) is 1. The normalized spacial score (nSPS) is 17.9. The van der Waals surface area contributed by atoms with Crippen LogP contribution in [0.1, 0.15) is 35.7 Å². The number of aryl methyl sites for hydroxylation is 1. The number of nitrogens with zero attached hydrogens (tertiary/aromatic N) is 2. The van der Waals surface area contributed by atoms with Crippen molar-refractivity contribution in [3.8, 4) is 0 Å². The van der Waals surface area contributed by atoms with Crippen molar-refractivity contribution in [2.45, 2.75) is 32.8 Å². The largest absolute Gasteiger partial charge is 0.399 e. The van der Waals surface area contributed by atoms with E-state index in [-0.39, 0.29) is 12.0 Å². The first-order valence-corrected chi connectivity index (χ1v) is 8.39. The third-order valence-corrected chi connectivity index (χ3v) is 4.60. The molecule has 0 bridgehead atoms. The number of nitrogens with two attached hydrogens (primary N) is 1. The minimum atomic E-state index is -0.276. The van der Waals surface area contributed by atoms with Crippen LogP contribution < -0.4 is 5.73 Å². The predicted molar refractivity (Wildman–Crippen MR) is 93.4 cm³/mol. The lowest BCUT2D eigenvalue weighted by molar-refractivity contribution is 0.0702. The van der Waals surface area contributed by atoms with E-state index in [2.05, 4.69) is 4.90 Å². The summed E-state index contributed by atoms with van der Waals surface area (Å²) in [6, 6.07) is 5.48. The molecule has 1 aromatic rings. The number of anilines is 1. The van der Waals surface area contributed by atoms with Crippen molar-refractivity contribution in [3.05, 3.63) is 29.3 Å². The van der Waals surface area contributed by atoms with Gasteiger partial charge in [-0.15, -0.1) is 0 Å². The first-order chi connectivity index (χ1) is 10.9. The molecule has 1 aromatic carbocycles. The van der Waals surface area contributed by atoms with Crippen LogP contribution in [0.2, 0.25) is 0 Å². The van der Waals surface area contributed by atoms with E-state index in [4.69, 9.17) is 5.73 Å². The quantitative estimate of drug-likeness (QED) is 0.811. The molecular weight excluding hydrogens is 290 g/mol. The molecule has 128 valence electrons.